The molecule has 1 aromatic carbocycles. The third kappa shape index (κ3) is 3.46. The topological polar surface area (TPSA) is 51.1 Å². The Morgan fingerprint density at radius 1 is 1.12 bits per heavy atom. The smallest absolute Gasteiger partial charge is 0.388 e. The van der Waals surface area contributed by atoms with Gasteiger partial charge < -0.3 is 9.64 Å². The lowest BCUT2D eigenvalue weighted by Gasteiger charge is -2.26. The van der Waals surface area contributed by atoms with Gasteiger partial charge in [0.2, 0.25) is 5.88 Å². The molecule has 4 rings (SSSR count). The van der Waals surface area contributed by atoms with Gasteiger partial charge in [-0.1, -0.05) is 11.3 Å². The third-order valence-corrected chi connectivity index (χ3v) is 5.46. The average Bonchev–Trinajstić information content (AvgIpc) is 3.11. The quantitative estimate of drug-likeness (QED) is 0.663. The maximum absolute atomic E-state index is 12.4. The van der Waals surface area contributed by atoms with Crippen molar-refractivity contribution < 1.29 is 13.5 Å². The summed E-state index contributed by atoms with van der Waals surface area (Å²) in [6, 6.07) is 3.81. The SMILES string of the molecule is Cc1cc(-c2ncc(N3CCCCC3)s2)c2ncc(OC(F)F)nc2c1. The number of alkyl halides is 2. The van der Waals surface area contributed by atoms with Crippen LogP contribution in [0.5, 0.6) is 5.88 Å². The van der Waals surface area contributed by atoms with Crippen molar-refractivity contribution in [3.63, 3.8) is 0 Å². The summed E-state index contributed by atoms with van der Waals surface area (Å²) < 4.78 is 29.2. The van der Waals surface area contributed by atoms with Gasteiger partial charge in [0.25, 0.3) is 0 Å². The summed E-state index contributed by atoms with van der Waals surface area (Å²) in [6.45, 7) is 1.14. The lowest BCUT2D eigenvalue weighted by molar-refractivity contribution is -0.0528. The van der Waals surface area contributed by atoms with E-state index in [9.17, 15) is 8.78 Å². The molecule has 1 aliphatic rings. The number of hydrogen-bond donors (Lipinski definition) is 0. The van der Waals surface area contributed by atoms with Crippen LogP contribution >= 0.6 is 11.3 Å². The van der Waals surface area contributed by atoms with E-state index in [1.165, 1.54) is 25.5 Å². The molecule has 1 fully saturated rings. The number of hydrogen-bond acceptors (Lipinski definition) is 6. The summed E-state index contributed by atoms with van der Waals surface area (Å²) >= 11 is 1.63. The molecule has 5 nitrogen and oxygen atoms in total. The van der Waals surface area contributed by atoms with Crippen LogP contribution in [0.3, 0.4) is 0 Å². The number of nitrogens with zero attached hydrogens (tertiary/aromatic N) is 4. The van der Waals surface area contributed by atoms with Gasteiger partial charge in [0.05, 0.1) is 23.4 Å². The van der Waals surface area contributed by atoms with Gasteiger partial charge in [0, 0.05) is 18.7 Å². The van der Waals surface area contributed by atoms with Crippen molar-refractivity contribution in [2.45, 2.75) is 32.8 Å². The zero-order valence-corrected chi connectivity index (χ0v) is 15.1. The number of aryl methyl sites for hydroxylation is 1. The number of fused-ring (bicyclic) bond motifs is 1. The molecule has 0 atom stereocenters. The molecule has 0 radical (unpaired) electrons. The molecule has 26 heavy (non-hydrogen) atoms. The summed E-state index contributed by atoms with van der Waals surface area (Å²) in [7, 11) is 0. The first-order valence-electron chi connectivity index (χ1n) is 8.53. The standard InChI is InChI=1S/C18H18F2N4OS/c1-11-7-12(16-13(8-11)23-14(9-21-16)25-18(19)20)17-22-10-15(26-17)24-5-3-2-4-6-24/h7-10,18H,2-6H2,1H3. The van der Waals surface area contributed by atoms with Crippen LogP contribution in [0.4, 0.5) is 13.8 Å². The molecule has 8 heteroatoms. The summed E-state index contributed by atoms with van der Waals surface area (Å²) in [5, 5.41) is 2.01. The number of halogens is 2. The lowest BCUT2D eigenvalue weighted by Crippen LogP contribution is -2.28. The molecule has 0 spiro atoms. The first-order valence-corrected chi connectivity index (χ1v) is 9.35. The fourth-order valence-electron chi connectivity index (χ4n) is 3.21. The normalized spacial score (nSPS) is 15.0. The highest BCUT2D eigenvalue weighted by molar-refractivity contribution is 7.19. The number of ether oxygens (including phenoxy) is 1. The fourth-order valence-corrected chi connectivity index (χ4v) is 4.20. The second-order valence-electron chi connectivity index (χ2n) is 6.32. The maximum Gasteiger partial charge on any atom is 0.388 e. The maximum atomic E-state index is 12.4. The molecule has 2 aromatic heterocycles. The number of rotatable bonds is 4. The highest BCUT2D eigenvalue weighted by Crippen LogP contribution is 2.36. The molecule has 1 saturated heterocycles. The number of anilines is 1. The van der Waals surface area contributed by atoms with Crippen molar-refractivity contribution in [2.75, 3.05) is 18.0 Å². The lowest BCUT2D eigenvalue weighted by atomic mass is 10.1. The van der Waals surface area contributed by atoms with Gasteiger partial charge in [-0.25, -0.2) is 15.0 Å². The molecule has 0 aliphatic carbocycles. The molecule has 136 valence electrons. The Morgan fingerprint density at radius 3 is 2.69 bits per heavy atom. The van der Waals surface area contributed by atoms with Crippen LogP contribution in [0.1, 0.15) is 24.8 Å². The molecule has 3 aromatic rings. The van der Waals surface area contributed by atoms with Crippen LogP contribution in [0.15, 0.2) is 24.5 Å². The zero-order valence-electron chi connectivity index (χ0n) is 14.3. The monoisotopic (exact) mass is 376 g/mol. The van der Waals surface area contributed by atoms with E-state index >= 15 is 0 Å². The van der Waals surface area contributed by atoms with Crippen molar-refractivity contribution in [1.29, 1.82) is 0 Å². The Labute approximate surface area is 153 Å². The van der Waals surface area contributed by atoms with E-state index in [1.807, 2.05) is 25.3 Å². The van der Waals surface area contributed by atoms with Crippen molar-refractivity contribution in [2.24, 2.45) is 0 Å². The van der Waals surface area contributed by atoms with Crippen LogP contribution in [0.25, 0.3) is 21.6 Å². The first-order chi connectivity index (χ1) is 12.6. The molecule has 1 aliphatic heterocycles. The van der Waals surface area contributed by atoms with Crippen molar-refractivity contribution in [3.8, 4) is 16.5 Å². The number of aromatic nitrogens is 3. The van der Waals surface area contributed by atoms with Crippen molar-refractivity contribution >= 4 is 27.4 Å². The molecule has 0 saturated carbocycles. The predicted molar refractivity (Wildman–Crippen MR) is 98.1 cm³/mol. The van der Waals surface area contributed by atoms with E-state index in [2.05, 4.69) is 24.6 Å². The summed E-state index contributed by atoms with van der Waals surface area (Å²) in [4.78, 5) is 15.4. The number of thiazole rings is 1. The number of piperidine rings is 1. The first kappa shape index (κ1) is 17.1. The highest BCUT2D eigenvalue weighted by Gasteiger charge is 2.17. The van der Waals surface area contributed by atoms with Gasteiger partial charge in [0.15, 0.2) is 0 Å². The van der Waals surface area contributed by atoms with Gasteiger partial charge in [-0.05, 0) is 43.9 Å². The highest BCUT2D eigenvalue weighted by atomic mass is 32.1. The van der Waals surface area contributed by atoms with E-state index < -0.39 is 6.61 Å². The van der Waals surface area contributed by atoms with E-state index in [0.29, 0.717) is 11.0 Å². The minimum absolute atomic E-state index is 0.183. The van der Waals surface area contributed by atoms with E-state index in [0.717, 1.165) is 34.2 Å². The Hall–Kier alpha value is -2.35. The summed E-state index contributed by atoms with van der Waals surface area (Å²) in [6.07, 6.45) is 6.83. The second-order valence-corrected chi connectivity index (χ2v) is 7.33. The Kier molecular flexibility index (Phi) is 4.67. The van der Waals surface area contributed by atoms with Crippen LogP contribution in [0.2, 0.25) is 0 Å². The third-order valence-electron chi connectivity index (χ3n) is 4.37. The van der Waals surface area contributed by atoms with Crippen LogP contribution < -0.4 is 9.64 Å². The molecule has 0 unspecified atom stereocenters. The van der Waals surface area contributed by atoms with Crippen LogP contribution in [0, 0.1) is 6.92 Å². The van der Waals surface area contributed by atoms with Crippen LogP contribution in [-0.2, 0) is 0 Å². The van der Waals surface area contributed by atoms with Crippen molar-refractivity contribution in [3.05, 3.63) is 30.1 Å². The fraction of sp³-hybridized carbons (Fsp3) is 0.389. The summed E-state index contributed by atoms with van der Waals surface area (Å²) in [5.41, 5.74) is 2.99. The van der Waals surface area contributed by atoms with Gasteiger partial charge in [0.1, 0.15) is 10.0 Å². The zero-order chi connectivity index (χ0) is 18.1. The molecular weight excluding hydrogens is 358 g/mol. The van der Waals surface area contributed by atoms with E-state index in [-0.39, 0.29) is 5.88 Å². The van der Waals surface area contributed by atoms with Crippen LogP contribution in [-0.4, -0.2) is 34.7 Å². The Bertz CT molecular complexity index is 925. The molecule has 0 amide bonds. The average molecular weight is 376 g/mol. The van der Waals surface area contributed by atoms with Gasteiger partial charge in [-0.2, -0.15) is 8.78 Å². The van der Waals surface area contributed by atoms with Gasteiger partial charge in [-0.3, -0.25) is 0 Å². The second kappa shape index (κ2) is 7.11. The minimum atomic E-state index is -2.92. The summed E-state index contributed by atoms with van der Waals surface area (Å²) in [5.74, 6) is -0.183. The van der Waals surface area contributed by atoms with E-state index in [4.69, 9.17) is 0 Å². The largest absolute Gasteiger partial charge is 0.415 e. The molecule has 0 bridgehead atoms. The molecule has 0 N–H and O–H groups in total. The van der Waals surface area contributed by atoms with Crippen molar-refractivity contribution in [1.82, 2.24) is 15.0 Å². The molecule has 3 heterocycles. The Balaban J connectivity index is 1.72. The van der Waals surface area contributed by atoms with Gasteiger partial charge in [-0.15, -0.1) is 0 Å². The predicted octanol–water partition coefficient (Wildman–Crippen LogP) is 4.65. The molecular formula is C18H18F2N4OS. The Morgan fingerprint density at radius 2 is 1.92 bits per heavy atom. The number of benzene rings is 1. The van der Waals surface area contributed by atoms with Gasteiger partial charge >= 0.3 is 6.61 Å². The van der Waals surface area contributed by atoms with E-state index in [1.54, 1.807) is 11.3 Å². The minimum Gasteiger partial charge on any atom is -0.415 e.